The molecule has 0 amide bonds. The molecule has 5 heteroatoms. The molecular weight excluding hydrogens is 328 g/mol. The zero-order chi connectivity index (χ0) is 18.4. The zero-order valence-corrected chi connectivity index (χ0v) is 15.1. The molecule has 0 aliphatic rings. The number of rotatable bonds is 8. The molecular formula is C21H24N2O3. The second kappa shape index (κ2) is 8.54. The summed E-state index contributed by atoms with van der Waals surface area (Å²) >= 11 is 0. The van der Waals surface area contributed by atoms with Crippen LogP contribution in [-0.2, 0) is 13.2 Å². The molecule has 2 aromatic carbocycles. The van der Waals surface area contributed by atoms with Gasteiger partial charge in [-0.15, -0.1) is 0 Å². The SMILES string of the molecule is CCCn1ccnc1C(O)c1ccc(OCc2ccccc2)c(OC)c1. The number of benzene rings is 2. The number of hydrogen-bond donors (Lipinski definition) is 1. The number of nitrogens with zero attached hydrogens (tertiary/aromatic N) is 2. The molecule has 1 N–H and O–H groups in total. The van der Waals surface area contributed by atoms with Gasteiger partial charge in [-0.25, -0.2) is 4.98 Å². The number of aliphatic hydroxyl groups is 1. The zero-order valence-electron chi connectivity index (χ0n) is 15.1. The highest BCUT2D eigenvalue weighted by atomic mass is 16.5. The van der Waals surface area contributed by atoms with E-state index in [1.54, 1.807) is 19.4 Å². The van der Waals surface area contributed by atoms with Crippen molar-refractivity contribution in [1.29, 1.82) is 0 Å². The lowest BCUT2D eigenvalue weighted by atomic mass is 10.1. The first-order valence-electron chi connectivity index (χ1n) is 8.76. The first kappa shape index (κ1) is 18.0. The van der Waals surface area contributed by atoms with Gasteiger partial charge in [0.25, 0.3) is 0 Å². The molecule has 1 unspecified atom stereocenters. The van der Waals surface area contributed by atoms with Crippen LogP contribution in [0.3, 0.4) is 0 Å². The van der Waals surface area contributed by atoms with Gasteiger partial charge in [0.1, 0.15) is 18.5 Å². The van der Waals surface area contributed by atoms with E-state index in [0.717, 1.165) is 24.1 Å². The van der Waals surface area contributed by atoms with Gasteiger partial charge in [-0.1, -0.05) is 43.3 Å². The van der Waals surface area contributed by atoms with Gasteiger partial charge in [0.2, 0.25) is 0 Å². The van der Waals surface area contributed by atoms with Crippen LogP contribution in [0.25, 0.3) is 0 Å². The van der Waals surface area contributed by atoms with E-state index in [2.05, 4.69) is 11.9 Å². The minimum atomic E-state index is -0.811. The van der Waals surface area contributed by atoms with Crippen molar-refractivity contribution in [2.24, 2.45) is 0 Å². The third-order valence-corrected chi connectivity index (χ3v) is 4.20. The van der Waals surface area contributed by atoms with Crippen LogP contribution in [0.5, 0.6) is 11.5 Å². The molecule has 0 aliphatic heterocycles. The lowest BCUT2D eigenvalue weighted by Crippen LogP contribution is -2.10. The number of imidazole rings is 1. The molecule has 0 aliphatic carbocycles. The van der Waals surface area contributed by atoms with Crippen LogP contribution in [0.4, 0.5) is 0 Å². The van der Waals surface area contributed by atoms with Crippen molar-refractivity contribution in [3.05, 3.63) is 77.9 Å². The first-order chi connectivity index (χ1) is 12.7. The molecule has 0 saturated carbocycles. The lowest BCUT2D eigenvalue weighted by molar-refractivity contribution is 0.203. The highest BCUT2D eigenvalue weighted by molar-refractivity contribution is 5.44. The molecule has 1 atom stereocenters. The number of aromatic nitrogens is 2. The Labute approximate surface area is 153 Å². The van der Waals surface area contributed by atoms with Crippen molar-refractivity contribution in [3.63, 3.8) is 0 Å². The van der Waals surface area contributed by atoms with Crippen LogP contribution in [0.1, 0.15) is 36.4 Å². The van der Waals surface area contributed by atoms with Crippen LogP contribution in [0, 0.1) is 0 Å². The number of hydrogen-bond acceptors (Lipinski definition) is 4. The third-order valence-electron chi connectivity index (χ3n) is 4.20. The maximum absolute atomic E-state index is 10.7. The van der Waals surface area contributed by atoms with Gasteiger partial charge in [-0.05, 0) is 29.7 Å². The second-order valence-corrected chi connectivity index (χ2v) is 6.07. The molecule has 0 bridgehead atoms. The summed E-state index contributed by atoms with van der Waals surface area (Å²) < 4.78 is 13.3. The van der Waals surface area contributed by atoms with Gasteiger partial charge >= 0.3 is 0 Å². The quantitative estimate of drug-likeness (QED) is 0.667. The van der Waals surface area contributed by atoms with Crippen LogP contribution < -0.4 is 9.47 Å². The van der Waals surface area contributed by atoms with Crippen LogP contribution in [0.15, 0.2) is 60.9 Å². The molecule has 3 aromatic rings. The topological polar surface area (TPSA) is 56.5 Å². The van der Waals surface area contributed by atoms with Crippen molar-refractivity contribution >= 4 is 0 Å². The summed E-state index contributed by atoms with van der Waals surface area (Å²) in [6.45, 7) is 3.37. The molecule has 0 radical (unpaired) electrons. The summed E-state index contributed by atoms with van der Waals surface area (Å²) in [5, 5.41) is 10.7. The van der Waals surface area contributed by atoms with E-state index in [9.17, 15) is 5.11 Å². The molecule has 26 heavy (non-hydrogen) atoms. The van der Waals surface area contributed by atoms with Gasteiger partial charge in [0.05, 0.1) is 7.11 Å². The Hall–Kier alpha value is -2.79. The van der Waals surface area contributed by atoms with Gasteiger partial charge in [0.15, 0.2) is 11.5 Å². The molecule has 5 nitrogen and oxygen atoms in total. The van der Waals surface area contributed by atoms with E-state index in [1.165, 1.54) is 0 Å². The lowest BCUT2D eigenvalue weighted by Gasteiger charge is -2.16. The fourth-order valence-electron chi connectivity index (χ4n) is 2.86. The van der Waals surface area contributed by atoms with E-state index >= 15 is 0 Å². The van der Waals surface area contributed by atoms with E-state index in [-0.39, 0.29) is 0 Å². The normalized spacial score (nSPS) is 12.0. The monoisotopic (exact) mass is 352 g/mol. The van der Waals surface area contributed by atoms with Crippen molar-refractivity contribution in [3.8, 4) is 11.5 Å². The van der Waals surface area contributed by atoms with Gasteiger partial charge in [-0.2, -0.15) is 0 Å². The van der Waals surface area contributed by atoms with Gasteiger partial charge < -0.3 is 19.1 Å². The molecule has 136 valence electrons. The fourth-order valence-corrected chi connectivity index (χ4v) is 2.86. The standard InChI is InChI=1S/C21H24N2O3/c1-3-12-23-13-11-22-21(23)20(24)17-9-10-18(19(14-17)25-2)26-15-16-7-5-4-6-8-16/h4-11,13-14,20,24H,3,12,15H2,1-2H3. The minimum absolute atomic E-state index is 0.458. The predicted molar refractivity (Wildman–Crippen MR) is 100 cm³/mol. The Morgan fingerprint density at radius 3 is 2.65 bits per heavy atom. The van der Waals surface area contributed by atoms with E-state index in [0.29, 0.717) is 23.9 Å². The summed E-state index contributed by atoms with van der Waals surface area (Å²) in [7, 11) is 1.60. The van der Waals surface area contributed by atoms with Crippen LogP contribution in [-0.4, -0.2) is 21.8 Å². The Bertz CT molecular complexity index is 830. The summed E-state index contributed by atoms with van der Waals surface area (Å²) in [5.41, 5.74) is 1.80. The molecule has 0 saturated heterocycles. The minimum Gasteiger partial charge on any atom is -0.493 e. The third kappa shape index (κ3) is 4.06. The number of aliphatic hydroxyl groups excluding tert-OH is 1. The Morgan fingerprint density at radius 2 is 1.92 bits per heavy atom. The van der Waals surface area contributed by atoms with Crippen LogP contribution >= 0.6 is 0 Å². The summed E-state index contributed by atoms with van der Waals surface area (Å²) in [4.78, 5) is 4.31. The maximum Gasteiger partial charge on any atom is 0.161 e. The highest BCUT2D eigenvalue weighted by Gasteiger charge is 2.18. The Morgan fingerprint density at radius 1 is 1.12 bits per heavy atom. The summed E-state index contributed by atoms with van der Waals surface area (Å²) in [6, 6.07) is 15.4. The highest BCUT2D eigenvalue weighted by Crippen LogP contribution is 2.32. The van der Waals surface area contributed by atoms with Crippen molar-refractivity contribution in [2.75, 3.05) is 7.11 Å². The second-order valence-electron chi connectivity index (χ2n) is 6.07. The number of ether oxygens (including phenoxy) is 2. The summed E-state index contributed by atoms with van der Waals surface area (Å²) in [5.74, 6) is 1.86. The van der Waals surface area contributed by atoms with Gasteiger partial charge in [0, 0.05) is 18.9 Å². The Kier molecular flexibility index (Phi) is 5.92. The first-order valence-corrected chi connectivity index (χ1v) is 8.76. The van der Waals surface area contributed by atoms with Crippen LogP contribution in [0.2, 0.25) is 0 Å². The van der Waals surface area contributed by atoms with Gasteiger partial charge in [-0.3, -0.25) is 0 Å². The van der Waals surface area contributed by atoms with Crippen molar-refractivity contribution in [1.82, 2.24) is 9.55 Å². The largest absolute Gasteiger partial charge is 0.493 e. The van der Waals surface area contributed by atoms with E-state index < -0.39 is 6.10 Å². The number of aryl methyl sites for hydroxylation is 1. The molecule has 0 fully saturated rings. The predicted octanol–water partition coefficient (Wildman–Crippen LogP) is 3.96. The Balaban J connectivity index is 1.78. The average Bonchev–Trinajstić information content (AvgIpc) is 3.15. The average molecular weight is 352 g/mol. The molecule has 1 aromatic heterocycles. The maximum atomic E-state index is 10.7. The fraction of sp³-hybridized carbons (Fsp3) is 0.286. The van der Waals surface area contributed by atoms with Crippen molar-refractivity contribution in [2.45, 2.75) is 32.6 Å². The molecule has 1 heterocycles. The molecule has 0 spiro atoms. The van der Waals surface area contributed by atoms with Crippen molar-refractivity contribution < 1.29 is 14.6 Å². The molecule has 3 rings (SSSR count). The number of methoxy groups -OCH3 is 1. The summed E-state index contributed by atoms with van der Waals surface area (Å²) in [6.07, 6.45) is 3.76. The van der Waals surface area contributed by atoms with E-state index in [1.807, 2.05) is 53.2 Å². The van der Waals surface area contributed by atoms with E-state index in [4.69, 9.17) is 9.47 Å². The smallest absolute Gasteiger partial charge is 0.161 e.